The van der Waals surface area contributed by atoms with Crippen LogP contribution in [0.3, 0.4) is 0 Å². The number of piperidine rings is 1. The lowest BCUT2D eigenvalue weighted by Crippen LogP contribution is -2.63. The Morgan fingerprint density at radius 2 is 1.54 bits per heavy atom. The molecule has 0 spiro atoms. The molecule has 0 aromatic heterocycles. The van der Waals surface area contributed by atoms with Crippen molar-refractivity contribution in [2.45, 2.75) is 174 Å². The van der Waals surface area contributed by atoms with Gasteiger partial charge in [-0.05, 0) is 101 Å². The average molecular weight is 810 g/mol. The van der Waals surface area contributed by atoms with Gasteiger partial charge < -0.3 is 44.6 Å². The number of cyclic esters (lactones) is 1. The van der Waals surface area contributed by atoms with E-state index < -0.39 is 77.6 Å². The van der Waals surface area contributed by atoms with Crippen LogP contribution in [0.25, 0.3) is 0 Å². The summed E-state index contributed by atoms with van der Waals surface area (Å²) in [4.78, 5) is 57.9. The number of hydrogen-bond acceptors (Lipinski definition) is 12. The van der Waals surface area contributed by atoms with Gasteiger partial charge in [0.05, 0.1) is 24.4 Å². The zero-order chi connectivity index (χ0) is 42.2. The van der Waals surface area contributed by atoms with Crippen LogP contribution in [0.2, 0.25) is 0 Å². The number of aliphatic hydroxyl groups is 5. The first-order chi connectivity index (χ1) is 27.0. The fraction of sp³-hybridized carbons (Fsp3) is 0.909. The fourth-order valence-corrected chi connectivity index (χ4v) is 10.8. The largest absolute Gasteiger partial charge is 0.460 e. The lowest BCUT2D eigenvalue weighted by atomic mass is 9.74. The summed E-state index contributed by atoms with van der Waals surface area (Å²) in [6, 6.07) is -1.13. The van der Waals surface area contributed by atoms with E-state index in [-0.39, 0.29) is 80.5 Å². The van der Waals surface area contributed by atoms with Gasteiger partial charge >= 0.3 is 5.97 Å². The van der Waals surface area contributed by atoms with Gasteiger partial charge in [0.15, 0.2) is 0 Å². The van der Waals surface area contributed by atoms with Crippen molar-refractivity contribution in [1.29, 1.82) is 0 Å². The summed E-state index contributed by atoms with van der Waals surface area (Å²) >= 11 is 0. The van der Waals surface area contributed by atoms with Crippen molar-refractivity contribution >= 4 is 23.4 Å². The third kappa shape index (κ3) is 11.6. The van der Waals surface area contributed by atoms with Crippen LogP contribution in [0.4, 0.5) is 0 Å². The number of methoxy groups -OCH3 is 1. The second-order valence-corrected chi connectivity index (χ2v) is 18.8. The molecule has 0 aromatic rings. The van der Waals surface area contributed by atoms with Gasteiger partial charge in [0.2, 0.25) is 5.79 Å². The van der Waals surface area contributed by atoms with Crippen molar-refractivity contribution in [3.63, 3.8) is 0 Å². The van der Waals surface area contributed by atoms with Crippen molar-refractivity contribution < 1.29 is 58.9 Å². The standard InChI is InChI=1S/C44H75NO12/c1-8-11-31-17-25(2)16-26(3)18-32(23-46)40-33(24-47)20-28(5)44(54,57-40)41(51)42(52)45-15-10-9-12-34(45)43(53)56-39(29(6)36(49)22-37(31)50)27(4)19-30-13-14-35(48)38(21-30)55-7/h25-36,38-40,46-49,54H,8-24H2,1-7H3/t25?,26-,27?,28+,29+,30-,31+,32+,33+,34-,35+,36-,38+,39+,40+,44+/m0/s1. The maximum absolute atomic E-state index is 14.3. The minimum Gasteiger partial charge on any atom is -0.460 e. The number of rotatable bonds is 8. The van der Waals surface area contributed by atoms with Crippen LogP contribution < -0.4 is 0 Å². The summed E-state index contributed by atoms with van der Waals surface area (Å²) in [5.41, 5.74) is 0. The van der Waals surface area contributed by atoms with Crippen molar-refractivity contribution in [3.8, 4) is 0 Å². The molecule has 2 unspecified atom stereocenters. The van der Waals surface area contributed by atoms with Crippen molar-refractivity contribution in [3.05, 3.63) is 0 Å². The molecule has 3 heterocycles. The van der Waals surface area contributed by atoms with Crippen molar-refractivity contribution in [2.24, 2.45) is 53.3 Å². The smallest absolute Gasteiger partial charge is 0.329 e. The molecule has 328 valence electrons. The van der Waals surface area contributed by atoms with Crippen LogP contribution in [0.1, 0.15) is 131 Å². The van der Waals surface area contributed by atoms with Gasteiger partial charge in [-0.3, -0.25) is 14.4 Å². The molecule has 2 bridgehead atoms. The summed E-state index contributed by atoms with van der Waals surface area (Å²) in [7, 11) is 1.58. The first kappa shape index (κ1) is 47.7. The van der Waals surface area contributed by atoms with Crippen LogP contribution in [0.5, 0.6) is 0 Å². The Kier molecular flexibility index (Phi) is 18.0. The number of hydrogen-bond donors (Lipinski definition) is 5. The number of nitrogens with zero attached hydrogens (tertiary/aromatic N) is 1. The van der Waals surface area contributed by atoms with Gasteiger partial charge in [-0.15, -0.1) is 0 Å². The average Bonchev–Trinajstić information content (AvgIpc) is 3.18. The second kappa shape index (κ2) is 21.5. The van der Waals surface area contributed by atoms with E-state index in [4.69, 9.17) is 14.2 Å². The third-order valence-electron chi connectivity index (χ3n) is 14.1. The molecule has 13 nitrogen and oxygen atoms in total. The number of carbonyl (C=O) groups excluding carboxylic acids is 4. The zero-order valence-corrected chi connectivity index (χ0v) is 35.7. The number of fused-ring (bicyclic) bond motifs is 3. The van der Waals surface area contributed by atoms with E-state index in [2.05, 4.69) is 13.8 Å². The first-order valence-corrected chi connectivity index (χ1v) is 22.1. The maximum Gasteiger partial charge on any atom is 0.329 e. The Labute approximate surface area is 340 Å². The molecule has 0 aromatic carbocycles. The van der Waals surface area contributed by atoms with Crippen LogP contribution in [-0.2, 0) is 33.4 Å². The number of esters is 1. The van der Waals surface area contributed by atoms with E-state index in [0.717, 1.165) is 19.3 Å². The van der Waals surface area contributed by atoms with Crippen molar-refractivity contribution in [2.75, 3.05) is 26.9 Å². The molecule has 3 aliphatic heterocycles. The first-order valence-electron chi connectivity index (χ1n) is 22.1. The molecule has 4 aliphatic rings. The van der Waals surface area contributed by atoms with E-state index in [9.17, 15) is 44.7 Å². The number of carbonyl (C=O) groups is 4. The summed E-state index contributed by atoms with van der Waals surface area (Å²) in [6.45, 7) is 11.0. The molecular formula is C44H75NO12. The van der Waals surface area contributed by atoms with E-state index in [1.807, 2.05) is 13.8 Å². The SMILES string of the molecule is CCC[C@@H]1CC(C)C[C@H](C)C[C@H](CO)[C@H]2O[C@@](O)(C(=O)C(=O)N3CCCC[C@H]3C(=O)O[C@H](C(C)C[C@@H]3CC[C@@H](O)[C@H](OC)C3)[C@H](C)[C@@H](O)CC1=O)[C@H](C)C[C@@H]2CO. The predicted octanol–water partition coefficient (Wildman–Crippen LogP) is 4.21. The van der Waals surface area contributed by atoms with E-state index in [1.54, 1.807) is 21.0 Å². The molecule has 13 heteroatoms. The monoisotopic (exact) mass is 810 g/mol. The van der Waals surface area contributed by atoms with Crippen LogP contribution >= 0.6 is 0 Å². The summed E-state index contributed by atoms with van der Waals surface area (Å²) < 4.78 is 18.1. The predicted molar refractivity (Wildman–Crippen MR) is 212 cm³/mol. The van der Waals surface area contributed by atoms with Crippen molar-refractivity contribution in [1.82, 2.24) is 4.90 Å². The zero-order valence-electron chi connectivity index (χ0n) is 35.7. The maximum atomic E-state index is 14.3. The lowest BCUT2D eigenvalue weighted by Gasteiger charge is -2.47. The second-order valence-electron chi connectivity index (χ2n) is 18.8. The topological polar surface area (TPSA) is 200 Å². The van der Waals surface area contributed by atoms with Gasteiger partial charge in [-0.2, -0.15) is 0 Å². The highest BCUT2D eigenvalue weighted by molar-refractivity contribution is 6.39. The molecule has 3 saturated heterocycles. The Morgan fingerprint density at radius 1 is 0.877 bits per heavy atom. The number of amides is 1. The number of ketones is 2. The minimum absolute atomic E-state index is 0.0332. The van der Waals surface area contributed by atoms with E-state index in [0.29, 0.717) is 51.4 Å². The molecule has 16 atom stereocenters. The normalized spacial score (nSPS) is 41.8. The van der Waals surface area contributed by atoms with E-state index >= 15 is 0 Å². The highest BCUT2D eigenvalue weighted by atomic mass is 16.6. The Hall–Kier alpha value is -2.00. The van der Waals surface area contributed by atoms with Crippen LogP contribution in [0, 0.1) is 53.3 Å². The Morgan fingerprint density at radius 3 is 2.19 bits per heavy atom. The molecular weight excluding hydrogens is 734 g/mol. The van der Waals surface area contributed by atoms with Gasteiger partial charge in [0.1, 0.15) is 17.9 Å². The molecule has 5 N–H and O–H groups in total. The van der Waals surface area contributed by atoms with Gasteiger partial charge in [-0.1, -0.05) is 48.0 Å². The van der Waals surface area contributed by atoms with E-state index in [1.165, 1.54) is 4.90 Å². The molecule has 0 radical (unpaired) electrons. The molecule has 1 amide bonds. The lowest BCUT2D eigenvalue weighted by molar-refractivity contribution is -0.289. The summed E-state index contributed by atoms with van der Waals surface area (Å²) in [5, 5.41) is 55.2. The molecule has 4 fully saturated rings. The molecule has 4 rings (SSSR count). The summed E-state index contributed by atoms with van der Waals surface area (Å²) in [5.74, 6) is -8.33. The number of Topliss-reactive ketones (excluding diaryl/α,β-unsaturated/α-hetero) is 2. The fourth-order valence-electron chi connectivity index (χ4n) is 10.8. The van der Waals surface area contributed by atoms with Gasteiger partial charge in [-0.25, -0.2) is 4.79 Å². The van der Waals surface area contributed by atoms with Crippen LogP contribution in [-0.4, -0.2) is 123 Å². The molecule has 1 saturated carbocycles. The summed E-state index contributed by atoms with van der Waals surface area (Å²) in [6.07, 6.45) is 3.56. The highest BCUT2D eigenvalue weighted by Gasteiger charge is 2.56. The molecule has 1 aliphatic carbocycles. The third-order valence-corrected chi connectivity index (χ3v) is 14.1. The Bertz CT molecular complexity index is 1330. The number of ether oxygens (including phenoxy) is 3. The van der Waals surface area contributed by atoms with Gasteiger partial charge in [0.25, 0.3) is 11.7 Å². The molecule has 57 heavy (non-hydrogen) atoms. The van der Waals surface area contributed by atoms with Crippen LogP contribution in [0.15, 0.2) is 0 Å². The number of aliphatic hydroxyl groups excluding tert-OH is 4. The Balaban J connectivity index is 1.72. The van der Waals surface area contributed by atoms with Gasteiger partial charge in [0, 0.05) is 62.9 Å². The quantitative estimate of drug-likeness (QED) is 0.173. The highest BCUT2D eigenvalue weighted by Crippen LogP contribution is 2.42. The minimum atomic E-state index is -2.54.